The van der Waals surface area contributed by atoms with Gasteiger partial charge in [-0.1, -0.05) is 12.1 Å². The molecule has 0 unspecified atom stereocenters. The zero-order valence-electron chi connectivity index (χ0n) is 12.6. The quantitative estimate of drug-likeness (QED) is 0.809. The highest BCUT2D eigenvalue weighted by Gasteiger charge is 2.13. The third-order valence-electron chi connectivity index (χ3n) is 2.65. The topological polar surface area (TPSA) is 83.1 Å². The molecular formula is C15H18N4O2S. The van der Waals surface area contributed by atoms with Gasteiger partial charge in [0, 0.05) is 17.1 Å². The van der Waals surface area contributed by atoms with Crippen molar-refractivity contribution in [3.8, 4) is 0 Å². The Morgan fingerprint density at radius 1 is 1.23 bits per heavy atom. The van der Waals surface area contributed by atoms with E-state index < -0.39 is 6.03 Å². The number of hydrogen-bond acceptors (Lipinski definition) is 4. The van der Waals surface area contributed by atoms with Crippen LogP contribution in [0.5, 0.6) is 0 Å². The number of nitrogens with zero attached hydrogens (tertiary/aromatic N) is 1. The summed E-state index contributed by atoms with van der Waals surface area (Å²) in [4.78, 5) is 27.8. The summed E-state index contributed by atoms with van der Waals surface area (Å²) < 4.78 is 0. The minimum atomic E-state index is -0.393. The highest BCUT2D eigenvalue weighted by Crippen LogP contribution is 2.16. The third-order valence-corrected chi connectivity index (χ3v) is 3.41. The molecule has 3 N–H and O–H groups in total. The van der Waals surface area contributed by atoms with Crippen LogP contribution in [0.4, 0.5) is 15.6 Å². The van der Waals surface area contributed by atoms with E-state index in [1.807, 2.05) is 39.0 Å². The number of urea groups is 1. The fourth-order valence-electron chi connectivity index (χ4n) is 1.75. The Labute approximate surface area is 133 Å². The average Bonchev–Trinajstić information content (AvgIpc) is 2.86. The van der Waals surface area contributed by atoms with Crippen LogP contribution in [0.3, 0.4) is 0 Å². The SMILES string of the molecule is Cc1cccc(NC(=O)Nc2nc(C(=O)NC(C)C)cs2)c1. The van der Waals surface area contributed by atoms with Crippen molar-refractivity contribution < 1.29 is 9.59 Å². The van der Waals surface area contributed by atoms with Gasteiger partial charge in [-0.05, 0) is 38.5 Å². The van der Waals surface area contributed by atoms with Crippen molar-refractivity contribution in [2.24, 2.45) is 0 Å². The third kappa shape index (κ3) is 4.56. The first kappa shape index (κ1) is 16.0. The number of nitrogens with one attached hydrogen (secondary N) is 3. The normalized spacial score (nSPS) is 10.4. The van der Waals surface area contributed by atoms with E-state index in [1.54, 1.807) is 11.4 Å². The van der Waals surface area contributed by atoms with Gasteiger partial charge in [0.15, 0.2) is 5.13 Å². The molecule has 1 aromatic carbocycles. The summed E-state index contributed by atoms with van der Waals surface area (Å²) in [5.41, 5.74) is 2.05. The molecule has 0 aliphatic heterocycles. The second-order valence-corrected chi connectivity index (χ2v) is 5.97. The molecule has 116 valence electrons. The number of amides is 3. The van der Waals surface area contributed by atoms with Crippen LogP contribution in [0.1, 0.15) is 29.9 Å². The Morgan fingerprint density at radius 2 is 2.00 bits per heavy atom. The molecular weight excluding hydrogens is 300 g/mol. The Balaban J connectivity index is 1.95. The van der Waals surface area contributed by atoms with E-state index >= 15 is 0 Å². The molecule has 7 heteroatoms. The molecule has 2 aromatic rings. The first-order valence-corrected chi connectivity index (χ1v) is 7.73. The lowest BCUT2D eigenvalue weighted by Gasteiger charge is -2.06. The molecule has 0 radical (unpaired) electrons. The Morgan fingerprint density at radius 3 is 2.68 bits per heavy atom. The van der Waals surface area contributed by atoms with E-state index in [0.29, 0.717) is 16.5 Å². The molecule has 22 heavy (non-hydrogen) atoms. The van der Waals surface area contributed by atoms with Gasteiger partial charge < -0.3 is 10.6 Å². The molecule has 2 rings (SSSR count). The first-order valence-electron chi connectivity index (χ1n) is 6.85. The van der Waals surface area contributed by atoms with E-state index in [2.05, 4.69) is 20.9 Å². The van der Waals surface area contributed by atoms with E-state index in [1.165, 1.54) is 11.3 Å². The van der Waals surface area contributed by atoms with Gasteiger partial charge in [-0.2, -0.15) is 0 Å². The summed E-state index contributed by atoms with van der Waals surface area (Å²) in [6.07, 6.45) is 0. The maximum Gasteiger partial charge on any atom is 0.325 e. The van der Waals surface area contributed by atoms with Crippen LogP contribution in [0, 0.1) is 6.92 Å². The largest absolute Gasteiger partial charge is 0.349 e. The van der Waals surface area contributed by atoms with E-state index in [-0.39, 0.29) is 11.9 Å². The fourth-order valence-corrected chi connectivity index (χ4v) is 2.44. The van der Waals surface area contributed by atoms with Gasteiger partial charge in [0.05, 0.1) is 0 Å². The smallest absolute Gasteiger partial charge is 0.325 e. The molecule has 0 aliphatic carbocycles. The summed E-state index contributed by atoms with van der Waals surface area (Å²) in [7, 11) is 0. The maximum absolute atomic E-state index is 11.9. The van der Waals surface area contributed by atoms with Crippen LogP contribution in [0.2, 0.25) is 0 Å². The predicted octanol–water partition coefficient (Wildman–Crippen LogP) is 3.23. The number of benzene rings is 1. The number of carbonyl (C=O) groups is 2. The lowest BCUT2D eigenvalue weighted by molar-refractivity contribution is 0.0939. The number of anilines is 2. The van der Waals surface area contributed by atoms with Crippen LogP contribution >= 0.6 is 11.3 Å². The lowest BCUT2D eigenvalue weighted by Crippen LogP contribution is -2.30. The average molecular weight is 318 g/mol. The van der Waals surface area contributed by atoms with Crippen LogP contribution in [-0.2, 0) is 0 Å². The van der Waals surface area contributed by atoms with Crippen LogP contribution < -0.4 is 16.0 Å². The van der Waals surface area contributed by atoms with E-state index in [0.717, 1.165) is 5.56 Å². The van der Waals surface area contributed by atoms with Crippen molar-refractivity contribution >= 4 is 34.1 Å². The summed E-state index contributed by atoms with van der Waals surface area (Å²) in [6, 6.07) is 7.12. The standard InChI is InChI=1S/C15H18N4O2S/c1-9(2)16-13(20)12-8-22-15(18-12)19-14(21)17-11-6-4-5-10(3)7-11/h4-9H,1-3H3,(H,16,20)(H2,17,18,19,21). The molecule has 0 atom stereocenters. The highest BCUT2D eigenvalue weighted by atomic mass is 32.1. The minimum absolute atomic E-state index is 0.0372. The van der Waals surface area contributed by atoms with Gasteiger partial charge in [0.2, 0.25) is 0 Å². The van der Waals surface area contributed by atoms with Gasteiger partial charge in [-0.15, -0.1) is 11.3 Å². The number of aromatic nitrogens is 1. The number of hydrogen-bond donors (Lipinski definition) is 3. The highest BCUT2D eigenvalue weighted by molar-refractivity contribution is 7.14. The van der Waals surface area contributed by atoms with Crippen molar-refractivity contribution in [2.45, 2.75) is 26.8 Å². The first-order chi connectivity index (χ1) is 10.4. The van der Waals surface area contributed by atoms with Gasteiger partial charge >= 0.3 is 6.03 Å². The molecule has 1 aromatic heterocycles. The molecule has 3 amide bonds. The zero-order valence-corrected chi connectivity index (χ0v) is 13.5. The molecule has 6 nitrogen and oxygen atoms in total. The Kier molecular flexibility index (Phi) is 5.11. The predicted molar refractivity (Wildman–Crippen MR) is 88.5 cm³/mol. The zero-order chi connectivity index (χ0) is 16.1. The van der Waals surface area contributed by atoms with Crippen LogP contribution in [-0.4, -0.2) is 23.0 Å². The molecule has 0 saturated heterocycles. The number of thiazole rings is 1. The van der Waals surface area contributed by atoms with E-state index in [4.69, 9.17) is 0 Å². The molecule has 0 saturated carbocycles. The minimum Gasteiger partial charge on any atom is -0.349 e. The molecule has 0 fully saturated rings. The van der Waals surface area contributed by atoms with Crippen LogP contribution in [0.15, 0.2) is 29.6 Å². The van der Waals surface area contributed by atoms with Gasteiger partial charge in [-0.3, -0.25) is 10.1 Å². The van der Waals surface area contributed by atoms with Gasteiger partial charge in [0.1, 0.15) is 5.69 Å². The summed E-state index contributed by atoms with van der Waals surface area (Å²) >= 11 is 1.20. The monoisotopic (exact) mass is 318 g/mol. The van der Waals surface area contributed by atoms with Crippen molar-refractivity contribution in [1.29, 1.82) is 0 Å². The molecule has 0 spiro atoms. The Bertz CT molecular complexity index is 682. The van der Waals surface area contributed by atoms with Crippen molar-refractivity contribution in [3.05, 3.63) is 40.9 Å². The maximum atomic E-state index is 11.9. The lowest BCUT2D eigenvalue weighted by atomic mass is 10.2. The summed E-state index contributed by atoms with van der Waals surface area (Å²) in [5.74, 6) is -0.251. The molecule has 1 heterocycles. The second kappa shape index (κ2) is 7.04. The van der Waals surface area contributed by atoms with Crippen molar-refractivity contribution in [1.82, 2.24) is 10.3 Å². The van der Waals surface area contributed by atoms with Crippen LogP contribution in [0.25, 0.3) is 0 Å². The fraction of sp³-hybridized carbons (Fsp3) is 0.267. The summed E-state index contributed by atoms with van der Waals surface area (Å²) in [5, 5.41) is 10.1. The van der Waals surface area contributed by atoms with Crippen molar-refractivity contribution in [2.75, 3.05) is 10.6 Å². The van der Waals surface area contributed by atoms with Crippen molar-refractivity contribution in [3.63, 3.8) is 0 Å². The van der Waals surface area contributed by atoms with E-state index in [9.17, 15) is 9.59 Å². The number of rotatable bonds is 4. The second-order valence-electron chi connectivity index (χ2n) is 5.11. The Hall–Kier alpha value is -2.41. The molecule has 0 bridgehead atoms. The summed E-state index contributed by atoms with van der Waals surface area (Å²) in [6.45, 7) is 5.70. The number of aryl methyl sites for hydroxylation is 1. The van der Waals surface area contributed by atoms with Gasteiger partial charge in [0.25, 0.3) is 5.91 Å². The molecule has 0 aliphatic rings. The number of carbonyl (C=O) groups excluding carboxylic acids is 2. The van der Waals surface area contributed by atoms with Gasteiger partial charge in [-0.25, -0.2) is 9.78 Å².